The Kier molecular flexibility index (Phi) is 6.10. The number of halogens is 2. The Bertz CT molecular complexity index is 872. The summed E-state index contributed by atoms with van der Waals surface area (Å²) in [6.45, 7) is 1.42. The van der Waals surface area contributed by atoms with Gasteiger partial charge in [0.1, 0.15) is 5.82 Å². The highest BCUT2D eigenvalue weighted by Gasteiger charge is 2.23. The minimum atomic E-state index is -3.73. The molecule has 6 nitrogen and oxygen atoms in total. The number of pyridine rings is 1. The lowest BCUT2D eigenvalue weighted by Crippen LogP contribution is -2.28. The molecule has 0 aliphatic heterocycles. The molecule has 0 radical (unpaired) electrons. The number of sulfonamides is 1. The lowest BCUT2D eigenvalue weighted by atomic mass is 10.2. The third kappa shape index (κ3) is 4.75. The van der Waals surface area contributed by atoms with Gasteiger partial charge in [0, 0.05) is 6.20 Å². The van der Waals surface area contributed by atoms with E-state index < -0.39 is 27.1 Å². The molecule has 2 aromatic rings. The fourth-order valence-electron chi connectivity index (χ4n) is 2.01. The fraction of sp³-hybridized carbons (Fsp3) is 0.250. The molecule has 0 spiro atoms. The zero-order chi connectivity index (χ0) is 18.6. The van der Waals surface area contributed by atoms with E-state index in [0.717, 1.165) is 6.07 Å². The number of nitrogens with one attached hydrogen (secondary N) is 1. The summed E-state index contributed by atoms with van der Waals surface area (Å²) < 4.78 is 44.9. The lowest BCUT2D eigenvalue weighted by molar-refractivity contribution is 0.0600. The van der Waals surface area contributed by atoms with Gasteiger partial charge in [0.05, 0.1) is 35.2 Å². The zero-order valence-corrected chi connectivity index (χ0v) is 15.1. The van der Waals surface area contributed by atoms with Crippen molar-refractivity contribution in [3.63, 3.8) is 0 Å². The number of hydrogen-bond donors (Lipinski definition) is 1. The molecule has 1 N–H and O–H groups in total. The van der Waals surface area contributed by atoms with Crippen molar-refractivity contribution in [3.05, 3.63) is 64.2 Å². The van der Waals surface area contributed by atoms with E-state index in [1.54, 1.807) is 0 Å². The largest absolute Gasteiger partial charge is 0.465 e. The van der Waals surface area contributed by atoms with Gasteiger partial charge >= 0.3 is 5.97 Å². The predicted octanol–water partition coefficient (Wildman–Crippen LogP) is 2.84. The van der Waals surface area contributed by atoms with Crippen LogP contribution >= 0.6 is 11.6 Å². The van der Waals surface area contributed by atoms with Crippen molar-refractivity contribution in [3.8, 4) is 0 Å². The van der Waals surface area contributed by atoms with Crippen molar-refractivity contribution >= 4 is 27.6 Å². The van der Waals surface area contributed by atoms with Gasteiger partial charge in [0.25, 0.3) is 0 Å². The van der Waals surface area contributed by atoms with E-state index in [2.05, 4.69) is 14.4 Å². The average Bonchev–Trinajstić information content (AvgIpc) is 2.61. The molecule has 1 heterocycles. The summed E-state index contributed by atoms with van der Waals surface area (Å²) >= 11 is 5.70. The summed E-state index contributed by atoms with van der Waals surface area (Å²) in [7, 11) is -2.48. The Morgan fingerprint density at radius 3 is 2.64 bits per heavy atom. The number of aromatic nitrogens is 1. The molecule has 0 bridgehead atoms. The van der Waals surface area contributed by atoms with Gasteiger partial charge in [0.2, 0.25) is 10.0 Å². The van der Waals surface area contributed by atoms with Crippen LogP contribution in [0.5, 0.6) is 0 Å². The summed E-state index contributed by atoms with van der Waals surface area (Å²) in [6, 6.07) is 6.79. The van der Waals surface area contributed by atoms with Crippen LogP contribution in [0.1, 0.15) is 33.8 Å². The summed E-state index contributed by atoms with van der Waals surface area (Å²) in [5.41, 5.74) is 1.07. The quantitative estimate of drug-likeness (QED) is 0.771. The second-order valence-electron chi connectivity index (χ2n) is 5.21. The van der Waals surface area contributed by atoms with Crippen molar-refractivity contribution in [1.29, 1.82) is 0 Å². The molecular formula is C16H16ClFN2O4S. The SMILES string of the molecule is COC(=O)c1ccc(CNS(=O)(=O)C(C)c2ccc(F)c(Cl)c2)nc1. The maximum absolute atomic E-state index is 13.2. The van der Waals surface area contributed by atoms with Gasteiger partial charge in [-0.3, -0.25) is 4.98 Å². The van der Waals surface area contributed by atoms with Crippen molar-refractivity contribution in [2.45, 2.75) is 18.7 Å². The van der Waals surface area contributed by atoms with Crippen molar-refractivity contribution < 1.29 is 22.3 Å². The van der Waals surface area contributed by atoms with E-state index in [1.807, 2.05) is 0 Å². The second-order valence-corrected chi connectivity index (χ2v) is 7.70. The number of rotatable bonds is 6. The van der Waals surface area contributed by atoms with Gasteiger partial charge < -0.3 is 4.74 Å². The molecule has 0 aliphatic carbocycles. The molecule has 9 heteroatoms. The molecule has 2 rings (SSSR count). The molecule has 0 fully saturated rings. The summed E-state index contributed by atoms with van der Waals surface area (Å²) in [5, 5.41) is -1.07. The van der Waals surface area contributed by atoms with E-state index in [0.29, 0.717) is 11.3 Å². The Morgan fingerprint density at radius 1 is 1.36 bits per heavy atom. The molecule has 134 valence electrons. The van der Waals surface area contributed by atoms with Crippen LogP contribution in [-0.4, -0.2) is 26.5 Å². The van der Waals surface area contributed by atoms with Crippen LogP contribution in [0.25, 0.3) is 0 Å². The van der Waals surface area contributed by atoms with Crippen LogP contribution in [0.3, 0.4) is 0 Å². The maximum atomic E-state index is 13.2. The number of ether oxygens (including phenoxy) is 1. The average molecular weight is 387 g/mol. The molecule has 0 amide bonds. The molecule has 0 saturated heterocycles. The van der Waals surface area contributed by atoms with Gasteiger partial charge in [-0.2, -0.15) is 0 Å². The highest BCUT2D eigenvalue weighted by atomic mass is 35.5. The predicted molar refractivity (Wildman–Crippen MR) is 91.2 cm³/mol. The van der Waals surface area contributed by atoms with Crippen LogP contribution in [0.4, 0.5) is 4.39 Å². The zero-order valence-electron chi connectivity index (χ0n) is 13.5. The monoisotopic (exact) mass is 386 g/mol. The van der Waals surface area contributed by atoms with Crippen LogP contribution in [-0.2, 0) is 21.3 Å². The summed E-state index contributed by atoms with van der Waals surface area (Å²) in [5.74, 6) is -1.14. The number of carbonyl (C=O) groups excluding carboxylic acids is 1. The van der Waals surface area contributed by atoms with Crippen LogP contribution in [0.15, 0.2) is 36.5 Å². The first-order valence-electron chi connectivity index (χ1n) is 7.21. The van der Waals surface area contributed by atoms with Gasteiger partial charge in [-0.1, -0.05) is 17.7 Å². The number of benzene rings is 1. The normalized spacial score (nSPS) is 12.6. The Morgan fingerprint density at radius 2 is 2.08 bits per heavy atom. The first-order chi connectivity index (χ1) is 11.7. The molecule has 0 saturated carbocycles. The molecule has 1 aromatic heterocycles. The van der Waals surface area contributed by atoms with Gasteiger partial charge in [-0.25, -0.2) is 22.3 Å². The van der Waals surface area contributed by atoms with E-state index in [-0.39, 0.29) is 17.1 Å². The lowest BCUT2D eigenvalue weighted by Gasteiger charge is -2.14. The minimum absolute atomic E-state index is 0.0525. The van der Waals surface area contributed by atoms with Crippen LogP contribution in [0.2, 0.25) is 5.02 Å². The summed E-state index contributed by atoms with van der Waals surface area (Å²) in [4.78, 5) is 15.3. The summed E-state index contributed by atoms with van der Waals surface area (Å²) in [6.07, 6.45) is 1.30. The van der Waals surface area contributed by atoms with E-state index in [4.69, 9.17) is 11.6 Å². The third-order valence-electron chi connectivity index (χ3n) is 3.58. The van der Waals surface area contributed by atoms with Gasteiger partial charge in [0.15, 0.2) is 0 Å². The van der Waals surface area contributed by atoms with E-state index >= 15 is 0 Å². The van der Waals surface area contributed by atoms with Crippen molar-refractivity contribution in [2.24, 2.45) is 0 Å². The Labute approximate surface area is 150 Å². The second kappa shape index (κ2) is 7.90. The van der Waals surface area contributed by atoms with Gasteiger partial charge in [-0.15, -0.1) is 0 Å². The first kappa shape index (κ1) is 19.3. The molecule has 25 heavy (non-hydrogen) atoms. The van der Waals surface area contributed by atoms with Crippen LogP contribution in [0, 0.1) is 5.82 Å². The van der Waals surface area contributed by atoms with Crippen LogP contribution < -0.4 is 4.72 Å². The number of esters is 1. The molecule has 1 aromatic carbocycles. The molecule has 1 atom stereocenters. The first-order valence-corrected chi connectivity index (χ1v) is 9.13. The number of carbonyl (C=O) groups is 1. The third-order valence-corrected chi connectivity index (χ3v) is 5.62. The molecule has 0 aliphatic rings. The van der Waals surface area contributed by atoms with E-state index in [9.17, 15) is 17.6 Å². The van der Waals surface area contributed by atoms with Crippen molar-refractivity contribution in [2.75, 3.05) is 7.11 Å². The highest BCUT2D eigenvalue weighted by molar-refractivity contribution is 7.89. The number of methoxy groups -OCH3 is 1. The topological polar surface area (TPSA) is 85.4 Å². The standard InChI is InChI=1S/C16H16ClFN2O4S/c1-10(11-4-6-15(18)14(17)7-11)25(22,23)20-9-13-5-3-12(8-19-13)16(21)24-2/h3-8,10,20H,9H2,1-2H3. The van der Waals surface area contributed by atoms with Gasteiger partial charge in [-0.05, 0) is 36.8 Å². The smallest absolute Gasteiger partial charge is 0.339 e. The number of hydrogen-bond acceptors (Lipinski definition) is 5. The Hall–Kier alpha value is -2.03. The highest BCUT2D eigenvalue weighted by Crippen LogP contribution is 2.25. The minimum Gasteiger partial charge on any atom is -0.465 e. The molecular weight excluding hydrogens is 371 g/mol. The van der Waals surface area contributed by atoms with Crippen molar-refractivity contribution in [1.82, 2.24) is 9.71 Å². The number of nitrogens with zero attached hydrogens (tertiary/aromatic N) is 1. The Balaban J connectivity index is 2.07. The van der Waals surface area contributed by atoms with E-state index in [1.165, 1.54) is 44.5 Å². The maximum Gasteiger partial charge on any atom is 0.339 e. The molecule has 1 unspecified atom stereocenters. The fourth-order valence-corrected chi connectivity index (χ4v) is 3.30.